The number of rotatable bonds is 9. The monoisotopic (exact) mass is 255 g/mol. The number of hydrogen-bond acceptors (Lipinski definition) is 9. The van der Waals surface area contributed by atoms with Gasteiger partial charge in [-0.15, -0.1) is 30.3 Å². The lowest BCUT2D eigenvalue weighted by molar-refractivity contribution is -0.810. The van der Waals surface area contributed by atoms with E-state index in [0.717, 1.165) is 0 Å². The van der Waals surface area contributed by atoms with Crippen molar-refractivity contribution in [2.45, 2.75) is 25.6 Å². The molecule has 12 nitrogen and oxygen atoms in total. The molecule has 0 aliphatic rings. The van der Waals surface area contributed by atoms with Crippen molar-refractivity contribution in [3.8, 4) is 0 Å². The van der Waals surface area contributed by atoms with E-state index in [0.29, 0.717) is 0 Å². The molecule has 0 radical (unpaired) electrons. The zero-order valence-electron chi connectivity index (χ0n) is 8.58. The van der Waals surface area contributed by atoms with Gasteiger partial charge in [0.05, 0.1) is 0 Å². The maximum atomic E-state index is 10.1. The van der Waals surface area contributed by atoms with Gasteiger partial charge >= 0.3 is 0 Å². The molecule has 0 N–H and O–H groups in total. The topological polar surface area (TPSA) is 157 Å². The molecule has 0 aliphatic carbocycles. The Labute approximate surface area is 93.4 Å². The Bertz CT molecular complexity index is 294. The molecular weight excluding hydrogens is 246 g/mol. The standard InChI is InChI=1S/C5H9N3O9/c1-2-4(16-7(11)12)5(17-8(13)14)3-15-6(9)10/h4-5H,2-3H2,1H3. The van der Waals surface area contributed by atoms with Gasteiger partial charge in [0.25, 0.3) is 15.3 Å². The van der Waals surface area contributed by atoms with Crippen molar-refractivity contribution in [3.63, 3.8) is 0 Å². The SMILES string of the molecule is CCC(O[N+](=O)[O-])C(CO[N+](=O)[O-])O[N+](=O)[O-]. The predicted octanol–water partition coefficient (Wildman–Crippen LogP) is -0.241. The molecule has 0 amide bonds. The summed E-state index contributed by atoms with van der Waals surface area (Å²) in [6.07, 6.45) is -2.93. The van der Waals surface area contributed by atoms with Gasteiger partial charge in [-0.1, -0.05) is 6.92 Å². The van der Waals surface area contributed by atoms with Gasteiger partial charge in [0.1, 0.15) is 12.7 Å². The summed E-state index contributed by atoms with van der Waals surface area (Å²) in [6, 6.07) is 0. The van der Waals surface area contributed by atoms with Crippen LogP contribution in [0.2, 0.25) is 0 Å². The Morgan fingerprint density at radius 3 is 1.76 bits per heavy atom. The van der Waals surface area contributed by atoms with Gasteiger partial charge in [0.2, 0.25) is 0 Å². The molecule has 0 saturated carbocycles. The number of nitrogens with zero attached hydrogens (tertiary/aromatic N) is 3. The van der Waals surface area contributed by atoms with Crippen LogP contribution in [0.4, 0.5) is 0 Å². The van der Waals surface area contributed by atoms with Crippen LogP contribution in [0.15, 0.2) is 0 Å². The van der Waals surface area contributed by atoms with Crippen LogP contribution in [0.25, 0.3) is 0 Å². The molecule has 0 saturated heterocycles. The highest BCUT2D eigenvalue weighted by Crippen LogP contribution is 2.10. The second kappa shape index (κ2) is 6.97. The van der Waals surface area contributed by atoms with Crippen molar-refractivity contribution < 1.29 is 29.8 Å². The van der Waals surface area contributed by atoms with Crippen LogP contribution >= 0.6 is 0 Å². The molecule has 0 spiro atoms. The molecular formula is C5H9N3O9. The normalized spacial score (nSPS) is 13.2. The van der Waals surface area contributed by atoms with Gasteiger partial charge in [0, 0.05) is 0 Å². The summed E-state index contributed by atoms with van der Waals surface area (Å²) < 4.78 is 0. The fourth-order valence-corrected chi connectivity index (χ4v) is 0.966. The minimum absolute atomic E-state index is 0.0272. The summed E-state index contributed by atoms with van der Waals surface area (Å²) in [7, 11) is 0. The number of hydrogen-bond donors (Lipinski definition) is 0. The molecule has 0 fully saturated rings. The Morgan fingerprint density at radius 1 is 0.941 bits per heavy atom. The van der Waals surface area contributed by atoms with E-state index in [2.05, 4.69) is 14.5 Å². The lowest BCUT2D eigenvalue weighted by atomic mass is 10.2. The predicted molar refractivity (Wildman–Crippen MR) is 47.0 cm³/mol. The smallest absolute Gasteiger partial charge is 0.294 e. The van der Waals surface area contributed by atoms with E-state index in [1.54, 1.807) is 0 Å². The first kappa shape index (κ1) is 14.6. The summed E-state index contributed by atoms with van der Waals surface area (Å²) in [6.45, 7) is 0.580. The minimum Gasteiger partial charge on any atom is -0.311 e. The minimum atomic E-state index is -1.56. The maximum absolute atomic E-state index is 10.1. The first-order valence-electron chi connectivity index (χ1n) is 4.26. The Balaban J connectivity index is 4.54. The van der Waals surface area contributed by atoms with Crippen LogP contribution in [0.1, 0.15) is 13.3 Å². The summed E-state index contributed by atoms with van der Waals surface area (Å²) >= 11 is 0. The van der Waals surface area contributed by atoms with Crippen LogP contribution in [0, 0.1) is 30.3 Å². The molecule has 98 valence electrons. The molecule has 2 atom stereocenters. The summed E-state index contributed by atoms with van der Waals surface area (Å²) in [5, 5.41) is 26.5. The first-order valence-corrected chi connectivity index (χ1v) is 4.26. The highest BCUT2D eigenvalue weighted by molar-refractivity contribution is 4.65. The highest BCUT2D eigenvalue weighted by atomic mass is 17.0. The van der Waals surface area contributed by atoms with E-state index in [-0.39, 0.29) is 6.42 Å². The van der Waals surface area contributed by atoms with Crippen molar-refractivity contribution in [1.29, 1.82) is 0 Å². The van der Waals surface area contributed by atoms with Gasteiger partial charge < -0.3 is 14.5 Å². The molecule has 0 bridgehead atoms. The van der Waals surface area contributed by atoms with E-state index in [9.17, 15) is 30.3 Å². The molecule has 0 aliphatic heterocycles. The Kier molecular flexibility index (Phi) is 5.99. The van der Waals surface area contributed by atoms with Crippen LogP contribution < -0.4 is 0 Å². The summed E-state index contributed by atoms with van der Waals surface area (Å²) in [5.74, 6) is 0. The van der Waals surface area contributed by atoms with E-state index >= 15 is 0 Å². The van der Waals surface area contributed by atoms with E-state index < -0.39 is 34.1 Å². The molecule has 0 aromatic rings. The molecule has 0 aromatic heterocycles. The fraction of sp³-hybridized carbons (Fsp3) is 1.00. The quantitative estimate of drug-likeness (QED) is 0.400. The summed E-state index contributed by atoms with van der Waals surface area (Å²) in [5.41, 5.74) is 0. The van der Waals surface area contributed by atoms with E-state index in [1.165, 1.54) is 6.92 Å². The third kappa shape index (κ3) is 6.64. The molecule has 0 heterocycles. The lowest BCUT2D eigenvalue weighted by Crippen LogP contribution is -2.38. The van der Waals surface area contributed by atoms with Crippen LogP contribution in [-0.4, -0.2) is 34.1 Å². The molecule has 0 rings (SSSR count). The van der Waals surface area contributed by atoms with Crippen molar-refractivity contribution in [2.75, 3.05) is 6.61 Å². The van der Waals surface area contributed by atoms with Gasteiger partial charge in [-0.25, -0.2) is 0 Å². The highest BCUT2D eigenvalue weighted by Gasteiger charge is 2.28. The Morgan fingerprint density at radius 2 is 1.41 bits per heavy atom. The van der Waals surface area contributed by atoms with Crippen LogP contribution in [0.5, 0.6) is 0 Å². The molecule has 2 unspecified atom stereocenters. The van der Waals surface area contributed by atoms with E-state index in [1.807, 2.05) is 0 Å². The Hall–Kier alpha value is -2.40. The van der Waals surface area contributed by atoms with Crippen molar-refractivity contribution in [2.24, 2.45) is 0 Å². The largest absolute Gasteiger partial charge is 0.311 e. The van der Waals surface area contributed by atoms with Gasteiger partial charge in [-0.2, -0.15) is 0 Å². The van der Waals surface area contributed by atoms with Crippen molar-refractivity contribution in [3.05, 3.63) is 30.3 Å². The zero-order chi connectivity index (χ0) is 13.4. The summed E-state index contributed by atoms with van der Waals surface area (Å²) in [4.78, 5) is 42.0. The molecule has 17 heavy (non-hydrogen) atoms. The lowest BCUT2D eigenvalue weighted by Gasteiger charge is -2.21. The molecule has 12 heteroatoms. The second-order valence-corrected chi connectivity index (χ2v) is 2.66. The fourth-order valence-electron chi connectivity index (χ4n) is 0.966. The average molecular weight is 255 g/mol. The third-order valence-corrected chi connectivity index (χ3v) is 1.60. The van der Waals surface area contributed by atoms with Gasteiger partial charge in [-0.3, -0.25) is 0 Å². The van der Waals surface area contributed by atoms with Crippen LogP contribution in [-0.2, 0) is 14.5 Å². The van der Waals surface area contributed by atoms with Gasteiger partial charge in [0.15, 0.2) is 6.10 Å². The maximum Gasteiger partial charge on any atom is 0.294 e. The van der Waals surface area contributed by atoms with Crippen molar-refractivity contribution in [1.82, 2.24) is 0 Å². The van der Waals surface area contributed by atoms with Crippen LogP contribution in [0.3, 0.4) is 0 Å². The average Bonchev–Trinajstić information content (AvgIpc) is 2.20. The van der Waals surface area contributed by atoms with Crippen molar-refractivity contribution >= 4 is 0 Å². The second-order valence-electron chi connectivity index (χ2n) is 2.66. The molecule has 0 aromatic carbocycles. The van der Waals surface area contributed by atoms with Gasteiger partial charge in [-0.05, 0) is 6.42 Å². The first-order chi connectivity index (χ1) is 7.86. The third-order valence-electron chi connectivity index (χ3n) is 1.60. The van der Waals surface area contributed by atoms with E-state index in [4.69, 9.17) is 0 Å². The zero-order valence-corrected chi connectivity index (χ0v) is 8.58.